The Bertz CT molecular complexity index is 474. The Kier molecular flexibility index (Phi) is 3.99. The molecule has 0 aliphatic carbocycles. The molecule has 0 amide bonds. The molecule has 0 saturated heterocycles. The van der Waals surface area contributed by atoms with Gasteiger partial charge in [-0.2, -0.15) is 0 Å². The van der Waals surface area contributed by atoms with Crippen LogP contribution >= 0.6 is 0 Å². The topological polar surface area (TPSA) is 18.5 Å². The molecular weight excluding hydrogens is 212 g/mol. The van der Waals surface area contributed by atoms with Crippen LogP contribution in [0.2, 0.25) is 0 Å². The Balaban J connectivity index is 2.18. The third-order valence-corrected chi connectivity index (χ3v) is 2.63. The maximum Gasteiger partial charge on any atom is 0.127 e. The first-order valence-electron chi connectivity index (χ1n) is 6.03. The predicted octanol–water partition coefficient (Wildman–Crippen LogP) is 3.64. The molecule has 17 heavy (non-hydrogen) atoms. The van der Waals surface area contributed by atoms with Crippen molar-refractivity contribution in [3.63, 3.8) is 0 Å². The van der Waals surface area contributed by atoms with E-state index < -0.39 is 0 Å². The lowest BCUT2D eigenvalue weighted by Crippen LogP contribution is -2.19. The molecule has 2 heteroatoms. The minimum Gasteiger partial charge on any atom is -0.488 e. The first kappa shape index (κ1) is 11.9. The molecule has 0 fully saturated rings. The number of rotatable bonds is 5. The van der Waals surface area contributed by atoms with E-state index in [1.54, 1.807) is 0 Å². The summed E-state index contributed by atoms with van der Waals surface area (Å²) in [5, 5.41) is 2.35. The Morgan fingerprint density at radius 2 is 1.82 bits per heavy atom. The van der Waals surface area contributed by atoms with E-state index in [4.69, 9.17) is 9.47 Å². The van der Waals surface area contributed by atoms with Crippen molar-refractivity contribution in [1.82, 2.24) is 0 Å². The molecule has 0 aliphatic heterocycles. The maximum absolute atomic E-state index is 5.90. The van der Waals surface area contributed by atoms with Gasteiger partial charge in [0.2, 0.25) is 0 Å². The van der Waals surface area contributed by atoms with E-state index in [1.165, 1.54) is 5.39 Å². The zero-order valence-electron chi connectivity index (χ0n) is 10.3. The largest absolute Gasteiger partial charge is 0.488 e. The van der Waals surface area contributed by atoms with E-state index in [-0.39, 0.29) is 6.10 Å². The molecule has 0 heterocycles. The molecule has 2 aromatic rings. The average molecular weight is 230 g/mol. The zero-order valence-corrected chi connectivity index (χ0v) is 10.3. The molecule has 1 unspecified atom stereocenters. The molecule has 2 nitrogen and oxygen atoms in total. The quantitative estimate of drug-likeness (QED) is 0.780. The van der Waals surface area contributed by atoms with Gasteiger partial charge in [-0.25, -0.2) is 0 Å². The Labute approximate surface area is 102 Å². The minimum absolute atomic E-state index is 0.0701. The molecule has 0 spiro atoms. The zero-order chi connectivity index (χ0) is 12.1. The van der Waals surface area contributed by atoms with Crippen molar-refractivity contribution in [3.8, 4) is 5.75 Å². The van der Waals surface area contributed by atoms with Gasteiger partial charge in [0, 0.05) is 12.0 Å². The molecular formula is C15H18O2. The first-order valence-corrected chi connectivity index (χ1v) is 6.03. The summed E-state index contributed by atoms with van der Waals surface area (Å²) in [4.78, 5) is 0. The highest BCUT2D eigenvalue weighted by Crippen LogP contribution is 2.25. The summed E-state index contributed by atoms with van der Waals surface area (Å²) in [6.45, 7) is 5.37. The lowest BCUT2D eigenvalue weighted by Gasteiger charge is -2.16. The fraction of sp³-hybridized carbons (Fsp3) is 0.333. The van der Waals surface area contributed by atoms with E-state index in [9.17, 15) is 0 Å². The van der Waals surface area contributed by atoms with Crippen molar-refractivity contribution in [1.29, 1.82) is 0 Å². The Morgan fingerprint density at radius 3 is 2.65 bits per heavy atom. The Morgan fingerprint density at radius 1 is 1.06 bits per heavy atom. The van der Waals surface area contributed by atoms with Gasteiger partial charge in [-0.3, -0.25) is 0 Å². The summed E-state index contributed by atoms with van der Waals surface area (Å²) in [6, 6.07) is 14.4. The van der Waals surface area contributed by atoms with Gasteiger partial charge in [0.1, 0.15) is 11.9 Å². The van der Waals surface area contributed by atoms with Crippen LogP contribution in [0.5, 0.6) is 5.75 Å². The molecule has 2 rings (SSSR count). The summed E-state index contributed by atoms with van der Waals surface area (Å²) in [5.41, 5.74) is 0. The van der Waals surface area contributed by atoms with Crippen molar-refractivity contribution in [2.45, 2.75) is 20.0 Å². The van der Waals surface area contributed by atoms with Crippen LogP contribution in [0.3, 0.4) is 0 Å². The summed E-state index contributed by atoms with van der Waals surface area (Å²) in [5.74, 6) is 0.926. The molecule has 0 saturated carbocycles. The van der Waals surface area contributed by atoms with Crippen LogP contribution in [0, 0.1) is 0 Å². The van der Waals surface area contributed by atoms with Crippen LogP contribution in [-0.2, 0) is 4.74 Å². The van der Waals surface area contributed by atoms with Crippen molar-refractivity contribution in [2.24, 2.45) is 0 Å². The standard InChI is InChI=1S/C15H18O2/c1-3-16-11-12(2)17-15-10-6-8-13-7-4-5-9-14(13)15/h4-10,12H,3,11H2,1-2H3. The predicted molar refractivity (Wildman–Crippen MR) is 70.5 cm³/mol. The van der Waals surface area contributed by atoms with Crippen molar-refractivity contribution >= 4 is 10.8 Å². The molecule has 90 valence electrons. The lowest BCUT2D eigenvalue weighted by molar-refractivity contribution is 0.0665. The fourth-order valence-corrected chi connectivity index (χ4v) is 1.83. The number of hydrogen-bond acceptors (Lipinski definition) is 2. The third-order valence-electron chi connectivity index (χ3n) is 2.63. The van der Waals surface area contributed by atoms with Gasteiger partial charge in [-0.05, 0) is 25.3 Å². The highest BCUT2D eigenvalue weighted by molar-refractivity contribution is 5.88. The van der Waals surface area contributed by atoms with Crippen LogP contribution < -0.4 is 4.74 Å². The van der Waals surface area contributed by atoms with E-state index in [2.05, 4.69) is 18.2 Å². The number of benzene rings is 2. The van der Waals surface area contributed by atoms with Crippen LogP contribution in [0.25, 0.3) is 10.8 Å². The second-order valence-corrected chi connectivity index (χ2v) is 4.07. The first-order chi connectivity index (χ1) is 8.31. The van der Waals surface area contributed by atoms with E-state index in [0.717, 1.165) is 17.7 Å². The normalized spacial score (nSPS) is 12.6. The van der Waals surface area contributed by atoms with Gasteiger partial charge >= 0.3 is 0 Å². The summed E-state index contributed by atoms with van der Waals surface area (Å²) >= 11 is 0. The fourth-order valence-electron chi connectivity index (χ4n) is 1.83. The van der Waals surface area contributed by atoms with E-state index >= 15 is 0 Å². The number of ether oxygens (including phenoxy) is 2. The van der Waals surface area contributed by atoms with E-state index in [1.807, 2.05) is 38.1 Å². The minimum atomic E-state index is 0.0701. The van der Waals surface area contributed by atoms with Crippen LogP contribution in [0.4, 0.5) is 0 Å². The summed E-state index contributed by atoms with van der Waals surface area (Å²) in [7, 11) is 0. The maximum atomic E-state index is 5.90. The molecule has 0 N–H and O–H groups in total. The van der Waals surface area contributed by atoms with Crippen LogP contribution in [-0.4, -0.2) is 19.3 Å². The SMILES string of the molecule is CCOCC(C)Oc1cccc2ccccc12. The third kappa shape index (κ3) is 2.98. The van der Waals surface area contributed by atoms with Crippen LogP contribution in [0.1, 0.15) is 13.8 Å². The lowest BCUT2D eigenvalue weighted by atomic mass is 10.1. The highest BCUT2D eigenvalue weighted by Gasteiger charge is 2.06. The second-order valence-electron chi connectivity index (χ2n) is 4.07. The van der Waals surface area contributed by atoms with Gasteiger partial charge in [0.05, 0.1) is 6.61 Å². The molecule has 2 aromatic carbocycles. The monoisotopic (exact) mass is 230 g/mol. The highest BCUT2D eigenvalue weighted by atomic mass is 16.5. The molecule has 1 atom stereocenters. The number of fused-ring (bicyclic) bond motifs is 1. The average Bonchev–Trinajstić information content (AvgIpc) is 2.37. The van der Waals surface area contributed by atoms with Crippen molar-refractivity contribution in [3.05, 3.63) is 42.5 Å². The van der Waals surface area contributed by atoms with Gasteiger partial charge in [0.15, 0.2) is 0 Å². The Hall–Kier alpha value is -1.54. The van der Waals surface area contributed by atoms with Gasteiger partial charge in [0.25, 0.3) is 0 Å². The van der Waals surface area contributed by atoms with Crippen LogP contribution in [0.15, 0.2) is 42.5 Å². The summed E-state index contributed by atoms with van der Waals surface area (Å²) in [6.07, 6.45) is 0.0701. The smallest absolute Gasteiger partial charge is 0.127 e. The molecule has 0 aliphatic rings. The van der Waals surface area contributed by atoms with Gasteiger partial charge in [-0.15, -0.1) is 0 Å². The molecule has 0 aromatic heterocycles. The van der Waals surface area contributed by atoms with Crippen molar-refractivity contribution in [2.75, 3.05) is 13.2 Å². The summed E-state index contributed by atoms with van der Waals surface area (Å²) < 4.78 is 11.3. The molecule has 0 radical (unpaired) electrons. The van der Waals surface area contributed by atoms with E-state index in [0.29, 0.717) is 6.61 Å². The second kappa shape index (κ2) is 5.69. The van der Waals surface area contributed by atoms with Gasteiger partial charge < -0.3 is 9.47 Å². The van der Waals surface area contributed by atoms with Crippen molar-refractivity contribution < 1.29 is 9.47 Å². The number of hydrogen-bond donors (Lipinski definition) is 0. The molecule has 0 bridgehead atoms. The van der Waals surface area contributed by atoms with Gasteiger partial charge in [-0.1, -0.05) is 36.4 Å².